The lowest BCUT2D eigenvalue weighted by Crippen LogP contribution is -2.32. The van der Waals surface area contributed by atoms with Crippen molar-refractivity contribution in [3.63, 3.8) is 0 Å². The largest absolute Gasteiger partial charge is 0.399 e. The highest BCUT2D eigenvalue weighted by Crippen LogP contribution is 2.17. The van der Waals surface area contributed by atoms with E-state index >= 15 is 0 Å². The van der Waals surface area contributed by atoms with E-state index in [0.29, 0.717) is 11.3 Å². The zero-order valence-electron chi connectivity index (χ0n) is 10.2. The number of benzene rings is 1. The van der Waals surface area contributed by atoms with Gasteiger partial charge < -0.3 is 10.5 Å². The SMILES string of the molecule is COC(C)CNS(=O)(=O)c1ccc(N)cc1C. The van der Waals surface area contributed by atoms with Crippen LogP contribution in [0.1, 0.15) is 12.5 Å². The van der Waals surface area contributed by atoms with Crippen LogP contribution in [0.3, 0.4) is 0 Å². The van der Waals surface area contributed by atoms with Gasteiger partial charge in [-0.1, -0.05) is 0 Å². The summed E-state index contributed by atoms with van der Waals surface area (Å²) in [5, 5.41) is 0. The maximum atomic E-state index is 12.0. The Morgan fingerprint density at radius 1 is 1.47 bits per heavy atom. The number of hydrogen-bond acceptors (Lipinski definition) is 4. The van der Waals surface area contributed by atoms with Gasteiger partial charge in [-0.3, -0.25) is 0 Å². The lowest BCUT2D eigenvalue weighted by atomic mass is 10.2. The normalized spacial score (nSPS) is 13.6. The summed E-state index contributed by atoms with van der Waals surface area (Å²) in [4.78, 5) is 0.245. The Kier molecular flexibility index (Phi) is 4.50. The molecule has 5 nitrogen and oxygen atoms in total. The number of methoxy groups -OCH3 is 1. The molecular weight excluding hydrogens is 240 g/mol. The minimum absolute atomic E-state index is 0.168. The molecule has 0 fully saturated rings. The quantitative estimate of drug-likeness (QED) is 0.769. The molecule has 0 bridgehead atoms. The molecule has 0 saturated heterocycles. The van der Waals surface area contributed by atoms with Crippen molar-refractivity contribution >= 4 is 15.7 Å². The summed E-state index contributed by atoms with van der Waals surface area (Å²) < 4.78 is 31.4. The van der Waals surface area contributed by atoms with Gasteiger partial charge in [-0.05, 0) is 37.6 Å². The van der Waals surface area contributed by atoms with Gasteiger partial charge in [0.1, 0.15) is 0 Å². The van der Waals surface area contributed by atoms with Crippen molar-refractivity contribution in [3.05, 3.63) is 23.8 Å². The van der Waals surface area contributed by atoms with Crippen molar-refractivity contribution in [2.45, 2.75) is 24.8 Å². The topological polar surface area (TPSA) is 81.4 Å². The van der Waals surface area contributed by atoms with Gasteiger partial charge >= 0.3 is 0 Å². The molecule has 17 heavy (non-hydrogen) atoms. The maximum Gasteiger partial charge on any atom is 0.240 e. The number of ether oxygens (including phenoxy) is 1. The first-order valence-electron chi connectivity index (χ1n) is 5.25. The van der Waals surface area contributed by atoms with Gasteiger partial charge in [0.2, 0.25) is 10.0 Å². The summed E-state index contributed by atoms with van der Waals surface area (Å²) in [6, 6.07) is 4.71. The van der Waals surface area contributed by atoms with Gasteiger partial charge in [0.15, 0.2) is 0 Å². The lowest BCUT2D eigenvalue weighted by molar-refractivity contribution is 0.122. The Hall–Kier alpha value is -1.11. The van der Waals surface area contributed by atoms with Crippen molar-refractivity contribution in [3.8, 4) is 0 Å². The van der Waals surface area contributed by atoms with E-state index in [1.165, 1.54) is 13.2 Å². The van der Waals surface area contributed by atoms with E-state index in [9.17, 15) is 8.42 Å². The van der Waals surface area contributed by atoms with Crippen molar-refractivity contribution in [1.82, 2.24) is 4.72 Å². The molecule has 3 N–H and O–H groups in total. The van der Waals surface area contributed by atoms with Gasteiger partial charge in [-0.2, -0.15) is 0 Å². The minimum Gasteiger partial charge on any atom is -0.399 e. The van der Waals surface area contributed by atoms with Crippen molar-refractivity contribution < 1.29 is 13.2 Å². The van der Waals surface area contributed by atoms with Gasteiger partial charge in [0.25, 0.3) is 0 Å². The molecule has 6 heteroatoms. The van der Waals surface area contributed by atoms with E-state index in [0.717, 1.165) is 0 Å². The first-order valence-corrected chi connectivity index (χ1v) is 6.73. The monoisotopic (exact) mass is 258 g/mol. The van der Waals surface area contributed by atoms with Crippen LogP contribution in [0.25, 0.3) is 0 Å². The molecule has 1 atom stereocenters. The summed E-state index contributed by atoms with van der Waals surface area (Å²) in [5.74, 6) is 0. The fourth-order valence-electron chi connectivity index (χ4n) is 1.36. The average molecular weight is 258 g/mol. The molecule has 0 aromatic heterocycles. The lowest BCUT2D eigenvalue weighted by Gasteiger charge is -2.13. The Labute approximate surface area is 102 Å². The Morgan fingerprint density at radius 3 is 2.65 bits per heavy atom. The Morgan fingerprint density at radius 2 is 2.12 bits per heavy atom. The minimum atomic E-state index is -3.50. The first-order chi connectivity index (χ1) is 7.86. The predicted molar refractivity (Wildman–Crippen MR) is 67.3 cm³/mol. The first kappa shape index (κ1) is 14.0. The molecule has 0 saturated carbocycles. The third-order valence-corrected chi connectivity index (χ3v) is 4.04. The van der Waals surface area contributed by atoms with E-state index in [1.54, 1.807) is 26.0 Å². The van der Waals surface area contributed by atoms with Crippen molar-refractivity contribution in [2.75, 3.05) is 19.4 Å². The second kappa shape index (κ2) is 5.48. The third-order valence-electron chi connectivity index (χ3n) is 2.45. The Bertz CT molecular complexity index is 485. The summed E-state index contributed by atoms with van der Waals surface area (Å²) >= 11 is 0. The molecular formula is C11H18N2O3S. The molecule has 0 spiro atoms. The highest BCUT2D eigenvalue weighted by atomic mass is 32.2. The van der Waals surface area contributed by atoms with E-state index in [-0.39, 0.29) is 17.5 Å². The second-order valence-electron chi connectivity index (χ2n) is 3.92. The van der Waals surface area contributed by atoms with Crippen LogP contribution in [0.4, 0.5) is 5.69 Å². The zero-order chi connectivity index (χ0) is 13.1. The molecule has 1 unspecified atom stereocenters. The van der Waals surface area contributed by atoms with Crippen molar-refractivity contribution in [1.29, 1.82) is 0 Å². The van der Waals surface area contributed by atoms with E-state index in [4.69, 9.17) is 10.5 Å². The standard InChI is InChI=1S/C11H18N2O3S/c1-8-6-10(12)4-5-11(8)17(14,15)13-7-9(2)16-3/h4-6,9,13H,7,12H2,1-3H3. The number of aryl methyl sites for hydroxylation is 1. The van der Waals surface area contributed by atoms with Crippen LogP contribution >= 0.6 is 0 Å². The zero-order valence-corrected chi connectivity index (χ0v) is 11.0. The fraction of sp³-hybridized carbons (Fsp3) is 0.455. The molecule has 1 aromatic carbocycles. The van der Waals surface area contributed by atoms with Crippen LogP contribution in [-0.2, 0) is 14.8 Å². The summed E-state index contributed by atoms with van der Waals surface area (Å²) in [7, 11) is -1.96. The number of rotatable bonds is 5. The molecule has 0 aliphatic heterocycles. The molecule has 1 aromatic rings. The molecule has 0 aliphatic carbocycles. The van der Waals surface area contributed by atoms with Crippen LogP contribution < -0.4 is 10.5 Å². The summed E-state index contributed by atoms with van der Waals surface area (Å²) in [6.07, 6.45) is -0.168. The number of nitrogens with two attached hydrogens (primary N) is 1. The van der Waals surface area contributed by atoms with Gasteiger partial charge in [0, 0.05) is 19.3 Å². The van der Waals surface area contributed by atoms with Crippen LogP contribution in [0, 0.1) is 6.92 Å². The van der Waals surface area contributed by atoms with Gasteiger partial charge in [-0.25, -0.2) is 13.1 Å². The molecule has 0 aliphatic rings. The summed E-state index contributed by atoms with van der Waals surface area (Å²) in [5.41, 5.74) is 6.75. The van der Waals surface area contributed by atoms with Crippen LogP contribution in [0.2, 0.25) is 0 Å². The number of anilines is 1. The summed E-state index contributed by atoms with van der Waals surface area (Å²) in [6.45, 7) is 3.74. The van der Waals surface area contributed by atoms with E-state index in [1.807, 2.05) is 0 Å². The van der Waals surface area contributed by atoms with Crippen LogP contribution in [0.15, 0.2) is 23.1 Å². The fourth-order valence-corrected chi connectivity index (χ4v) is 2.70. The maximum absolute atomic E-state index is 12.0. The van der Waals surface area contributed by atoms with Gasteiger partial charge in [0.05, 0.1) is 11.0 Å². The molecule has 0 amide bonds. The van der Waals surface area contributed by atoms with Crippen LogP contribution in [0.5, 0.6) is 0 Å². The third kappa shape index (κ3) is 3.69. The average Bonchev–Trinajstić information content (AvgIpc) is 2.25. The van der Waals surface area contributed by atoms with Gasteiger partial charge in [-0.15, -0.1) is 0 Å². The number of nitrogens with one attached hydrogen (secondary N) is 1. The number of hydrogen-bond donors (Lipinski definition) is 2. The molecule has 0 heterocycles. The highest BCUT2D eigenvalue weighted by Gasteiger charge is 2.17. The second-order valence-corrected chi connectivity index (χ2v) is 5.66. The molecule has 0 radical (unpaired) electrons. The van der Waals surface area contributed by atoms with Crippen LogP contribution in [-0.4, -0.2) is 28.2 Å². The number of nitrogen functional groups attached to an aromatic ring is 1. The number of sulfonamides is 1. The molecule has 96 valence electrons. The molecule has 1 rings (SSSR count). The predicted octanol–water partition coefficient (Wildman–Crippen LogP) is 0.890. The van der Waals surface area contributed by atoms with E-state index < -0.39 is 10.0 Å². The van der Waals surface area contributed by atoms with Crippen molar-refractivity contribution in [2.24, 2.45) is 0 Å². The highest BCUT2D eigenvalue weighted by molar-refractivity contribution is 7.89. The van der Waals surface area contributed by atoms with E-state index in [2.05, 4.69) is 4.72 Å². The Balaban J connectivity index is 2.90. The smallest absolute Gasteiger partial charge is 0.240 e.